The molecule has 0 aliphatic rings. The Morgan fingerprint density at radius 3 is 2.56 bits per heavy atom. The first kappa shape index (κ1) is 25.5. The van der Waals surface area contributed by atoms with Gasteiger partial charge in [-0.3, -0.25) is 4.79 Å². The van der Waals surface area contributed by atoms with Crippen LogP contribution in [0.1, 0.15) is 44.2 Å². The second kappa shape index (κ2) is 14.5. The average Bonchev–Trinajstić information content (AvgIpc) is 2.61. The van der Waals surface area contributed by atoms with E-state index >= 15 is 0 Å². The highest BCUT2D eigenvalue weighted by Crippen LogP contribution is 2.21. The van der Waals surface area contributed by atoms with Crippen molar-refractivity contribution < 1.29 is 9.53 Å². The number of guanidine groups is 1. The van der Waals surface area contributed by atoms with Gasteiger partial charge in [0.05, 0.1) is 19.7 Å². The molecule has 1 amide bonds. The summed E-state index contributed by atoms with van der Waals surface area (Å²) in [5, 5.41) is 6.23. The molecule has 1 aromatic carbocycles. The fraction of sp³-hybridized carbons (Fsp3) is 0.600. The standard InChI is InChI=1S/C20H34N4O2.HI/c1-6-8-9-12-26-18-13-16(3)10-11-17(18)14-22-20(21-7-2)23-15-19(25)24(4)5;/h10-11,13H,6-9,12,14-15H2,1-5H3,(H2,21,22,23);1H. The van der Waals surface area contributed by atoms with E-state index in [2.05, 4.69) is 47.7 Å². The molecule has 0 heterocycles. The number of carbonyl (C=O) groups excluding carboxylic acids is 1. The Labute approximate surface area is 181 Å². The lowest BCUT2D eigenvalue weighted by Crippen LogP contribution is -2.42. The van der Waals surface area contributed by atoms with E-state index in [1.54, 1.807) is 19.0 Å². The minimum Gasteiger partial charge on any atom is -0.493 e. The van der Waals surface area contributed by atoms with Gasteiger partial charge in [0.2, 0.25) is 5.91 Å². The van der Waals surface area contributed by atoms with Crippen LogP contribution in [0.15, 0.2) is 23.2 Å². The molecule has 0 aliphatic carbocycles. The minimum atomic E-state index is 0. The summed E-state index contributed by atoms with van der Waals surface area (Å²) in [7, 11) is 3.48. The van der Waals surface area contributed by atoms with Crippen LogP contribution in [0.3, 0.4) is 0 Å². The van der Waals surface area contributed by atoms with Crippen molar-refractivity contribution in [3.63, 3.8) is 0 Å². The number of unbranched alkanes of at least 4 members (excludes halogenated alkanes) is 2. The Hall–Kier alpha value is -1.51. The van der Waals surface area contributed by atoms with Gasteiger partial charge in [0.25, 0.3) is 0 Å². The molecular weight excluding hydrogens is 455 g/mol. The number of ether oxygens (including phenoxy) is 1. The topological polar surface area (TPSA) is 66.0 Å². The van der Waals surface area contributed by atoms with Gasteiger partial charge in [0.15, 0.2) is 5.96 Å². The zero-order valence-electron chi connectivity index (χ0n) is 17.3. The quantitative estimate of drug-likeness (QED) is 0.229. The molecule has 1 aromatic rings. The summed E-state index contributed by atoms with van der Waals surface area (Å²) in [6.07, 6.45) is 3.41. The maximum atomic E-state index is 11.7. The van der Waals surface area contributed by atoms with Crippen LogP contribution in [0.4, 0.5) is 0 Å². The summed E-state index contributed by atoms with van der Waals surface area (Å²) >= 11 is 0. The molecular formula is C20H35IN4O2. The van der Waals surface area contributed by atoms with Crippen molar-refractivity contribution in [2.45, 2.75) is 46.6 Å². The lowest BCUT2D eigenvalue weighted by Gasteiger charge is -2.15. The number of nitrogens with zero attached hydrogens (tertiary/aromatic N) is 2. The largest absolute Gasteiger partial charge is 0.493 e. The summed E-state index contributed by atoms with van der Waals surface area (Å²) in [4.78, 5) is 17.9. The van der Waals surface area contributed by atoms with Crippen LogP contribution in [0.2, 0.25) is 0 Å². The van der Waals surface area contributed by atoms with Crippen LogP contribution in [-0.4, -0.2) is 50.6 Å². The number of carbonyl (C=O) groups is 1. The van der Waals surface area contributed by atoms with E-state index in [1.165, 1.54) is 18.4 Å². The number of aliphatic imine (C=N–C) groups is 1. The van der Waals surface area contributed by atoms with Crippen molar-refractivity contribution in [3.8, 4) is 5.75 Å². The van der Waals surface area contributed by atoms with Crippen molar-refractivity contribution in [1.29, 1.82) is 0 Å². The van der Waals surface area contributed by atoms with Crippen molar-refractivity contribution in [2.75, 3.05) is 33.8 Å². The number of halogens is 1. The molecule has 27 heavy (non-hydrogen) atoms. The van der Waals surface area contributed by atoms with Gasteiger partial charge in [-0.05, 0) is 31.9 Å². The predicted octanol–water partition coefficient (Wildman–Crippen LogP) is 3.33. The first-order chi connectivity index (χ1) is 12.5. The summed E-state index contributed by atoms with van der Waals surface area (Å²) < 4.78 is 5.97. The van der Waals surface area contributed by atoms with E-state index in [4.69, 9.17) is 4.74 Å². The van der Waals surface area contributed by atoms with Crippen LogP contribution >= 0.6 is 24.0 Å². The molecule has 0 aliphatic heterocycles. The van der Waals surface area contributed by atoms with Crippen LogP contribution in [-0.2, 0) is 11.3 Å². The fourth-order valence-corrected chi connectivity index (χ4v) is 2.28. The highest BCUT2D eigenvalue weighted by atomic mass is 127. The Balaban J connectivity index is 0.00000676. The third-order valence-electron chi connectivity index (χ3n) is 3.89. The monoisotopic (exact) mass is 490 g/mol. The highest BCUT2D eigenvalue weighted by Gasteiger charge is 2.07. The van der Waals surface area contributed by atoms with Gasteiger partial charge in [-0.2, -0.15) is 0 Å². The Bertz CT molecular complexity index is 591. The van der Waals surface area contributed by atoms with Gasteiger partial charge in [-0.1, -0.05) is 31.9 Å². The van der Waals surface area contributed by atoms with Crippen molar-refractivity contribution >= 4 is 35.8 Å². The maximum Gasteiger partial charge on any atom is 0.241 e. The third-order valence-corrected chi connectivity index (χ3v) is 3.89. The Morgan fingerprint density at radius 2 is 1.93 bits per heavy atom. The zero-order valence-corrected chi connectivity index (χ0v) is 19.6. The lowest BCUT2D eigenvalue weighted by molar-refractivity contribution is -0.127. The molecule has 0 unspecified atom stereocenters. The molecule has 0 radical (unpaired) electrons. The number of rotatable bonds is 10. The number of hydrogen-bond acceptors (Lipinski definition) is 3. The van der Waals surface area contributed by atoms with Crippen molar-refractivity contribution in [1.82, 2.24) is 15.5 Å². The highest BCUT2D eigenvalue weighted by molar-refractivity contribution is 14.0. The molecule has 0 spiro atoms. The van der Waals surface area contributed by atoms with Crippen LogP contribution in [0.5, 0.6) is 5.75 Å². The molecule has 7 heteroatoms. The van der Waals surface area contributed by atoms with E-state index in [9.17, 15) is 4.79 Å². The number of likely N-dealkylation sites (N-methyl/N-ethyl adjacent to an activating group) is 1. The smallest absolute Gasteiger partial charge is 0.241 e. The molecule has 0 bridgehead atoms. The van der Waals surface area contributed by atoms with Crippen LogP contribution in [0.25, 0.3) is 0 Å². The number of nitrogens with one attached hydrogen (secondary N) is 2. The second-order valence-electron chi connectivity index (χ2n) is 6.50. The summed E-state index contributed by atoms with van der Waals surface area (Å²) in [6.45, 7) is 8.41. The molecule has 0 saturated heterocycles. The van der Waals surface area contributed by atoms with Gasteiger partial charge in [0.1, 0.15) is 5.75 Å². The van der Waals surface area contributed by atoms with E-state index in [-0.39, 0.29) is 36.4 Å². The van der Waals surface area contributed by atoms with Gasteiger partial charge in [-0.25, -0.2) is 4.99 Å². The van der Waals surface area contributed by atoms with Gasteiger partial charge < -0.3 is 20.3 Å². The van der Waals surface area contributed by atoms with Crippen LogP contribution < -0.4 is 15.4 Å². The minimum absolute atomic E-state index is 0. The molecule has 0 atom stereocenters. The SMILES string of the molecule is CCCCCOc1cc(C)ccc1CN=C(NCC)NCC(=O)N(C)C.I. The first-order valence-corrected chi connectivity index (χ1v) is 9.42. The summed E-state index contributed by atoms with van der Waals surface area (Å²) in [6, 6.07) is 6.19. The van der Waals surface area contributed by atoms with Crippen LogP contribution in [0, 0.1) is 6.92 Å². The van der Waals surface area contributed by atoms with E-state index in [1.807, 2.05) is 6.92 Å². The first-order valence-electron chi connectivity index (χ1n) is 9.42. The lowest BCUT2D eigenvalue weighted by atomic mass is 10.1. The number of benzene rings is 1. The molecule has 0 aromatic heterocycles. The van der Waals surface area contributed by atoms with Crippen molar-refractivity contribution in [2.24, 2.45) is 4.99 Å². The predicted molar refractivity (Wildman–Crippen MR) is 123 cm³/mol. The van der Waals surface area contributed by atoms with Crippen molar-refractivity contribution in [3.05, 3.63) is 29.3 Å². The van der Waals surface area contributed by atoms with Gasteiger partial charge in [0, 0.05) is 26.2 Å². The van der Waals surface area contributed by atoms with E-state index < -0.39 is 0 Å². The molecule has 0 fully saturated rings. The average molecular weight is 490 g/mol. The summed E-state index contributed by atoms with van der Waals surface area (Å²) in [5.74, 6) is 1.52. The summed E-state index contributed by atoms with van der Waals surface area (Å²) in [5.41, 5.74) is 2.22. The molecule has 2 N–H and O–H groups in total. The normalized spacial score (nSPS) is 10.8. The van der Waals surface area contributed by atoms with Gasteiger partial charge >= 0.3 is 0 Å². The third kappa shape index (κ3) is 10.4. The Kier molecular flexibility index (Phi) is 13.7. The molecule has 0 saturated carbocycles. The van der Waals surface area contributed by atoms with E-state index in [0.29, 0.717) is 12.5 Å². The maximum absolute atomic E-state index is 11.7. The van der Waals surface area contributed by atoms with Gasteiger partial charge in [-0.15, -0.1) is 24.0 Å². The second-order valence-corrected chi connectivity index (χ2v) is 6.50. The molecule has 154 valence electrons. The fourth-order valence-electron chi connectivity index (χ4n) is 2.28. The Morgan fingerprint density at radius 1 is 1.19 bits per heavy atom. The number of hydrogen-bond donors (Lipinski definition) is 2. The zero-order chi connectivity index (χ0) is 19.4. The molecule has 6 nitrogen and oxygen atoms in total. The number of amides is 1. The number of aryl methyl sites for hydroxylation is 1. The molecule has 1 rings (SSSR count). The van der Waals surface area contributed by atoms with E-state index in [0.717, 1.165) is 30.9 Å².